The van der Waals surface area contributed by atoms with Crippen molar-refractivity contribution < 1.29 is 31.6 Å². The van der Waals surface area contributed by atoms with Crippen molar-refractivity contribution in [3.63, 3.8) is 0 Å². The summed E-state index contributed by atoms with van der Waals surface area (Å²) in [7, 11) is -4.87. The van der Waals surface area contributed by atoms with Crippen LogP contribution in [0.2, 0.25) is 0 Å². The third kappa shape index (κ3) is 4.19. The number of carbonyl (C=O) groups is 3. The zero-order chi connectivity index (χ0) is 20.5. The summed E-state index contributed by atoms with van der Waals surface area (Å²) in [4.78, 5) is 41.8. The second kappa shape index (κ2) is 7.67. The van der Waals surface area contributed by atoms with Gasteiger partial charge in [-0.3, -0.25) is 30.0 Å². The maximum Gasteiger partial charge on any atom is 0.418 e. The van der Waals surface area contributed by atoms with Crippen LogP contribution < -0.4 is 16.6 Å². The molecular formula is C14H18N6O7S. The fourth-order valence-electron chi connectivity index (χ4n) is 3.08. The molecular weight excluding hydrogens is 396 g/mol. The number of fused-ring (bicyclic) bond motifs is 2. The van der Waals surface area contributed by atoms with Crippen molar-refractivity contribution in [2.75, 3.05) is 6.54 Å². The molecule has 5 N–H and O–H groups in total. The summed E-state index contributed by atoms with van der Waals surface area (Å²) in [6, 6.07) is 1.32. The predicted octanol–water partition coefficient (Wildman–Crippen LogP) is -1.77. The number of amides is 4. The molecule has 4 amide bonds. The normalized spacial score (nSPS) is 22.7. The van der Waals surface area contributed by atoms with Gasteiger partial charge in [0.05, 0.1) is 11.7 Å². The van der Waals surface area contributed by atoms with Crippen LogP contribution in [0.25, 0.3) is 0 Å². The molecule has 2 saturated heterocycles. The zero-order valence-electron chi connectivity index (χ0n) is 14.4. The molecule has 0 aromatic carbocycles. The minimum Gasteiger partial charge on any atom is -0.315 e. The first kappa shape index (κ1) is 19.9. The minimum absolute atomic E-state index is 0.0356. The molecule has 28 heavy (non-hydrogen) atoms. The summed E-state index contributed by atoms with van der Waals surface area (Å²) in [6.07, 6.45) is 1.94. The number of nitrogens with two attached hydrogens (primary N) is 1. The number of aromatic nitrogens is 1. The van der Waals surface area contributed by atoms with E-state index in [4.69, 9.17) is 10.3 Å². The van der Waals surface area contributed by atoms with Crippen LogP contribution in [0.4, 0.5) is 4.79 Å². The average molecular weight is 414 g/mol. The van der Waals surface area contributed by atoms with Gasteiger partial charge in [-0.15, -0.1) is 4.28 Å². The van der Waals surface area contributed by atoms with E-state index in [0.29, 0.717) is 10.8 Å². The van der Waals surface area contributed by atoms with Gasteiger partial charge < -0.3 is 10.6 Å². The highest BCUT2D eigenvalue weighted by Gasteiger charge is 2.49. The van der Waals surface area contributed by atoms with E-state index in [0.717, 1.165) is 4.90 Å². The quantitative estimate of drug-likeness (QED) is 0.320. The molecule has 0 aliphatic carbocycles. The van der Waals surface area contributed by atoms with E-state index in [1.165, 1.54) is 6.20 Å². The van der Waals surface area contributed by atoms with Crippen molar-refractivity contribution in [2.45, 2.75) is 31.0 Å². The summed E-state index contributed by atoms with van der Waals surface area (Å²) in [5.41, 5.74) is 10.5. The molecule has 2 fully saturated rings. The van der Waals surface area contributed by atoms with Crippen LogP contribution in [0.5, 0.6) is 0 Å². The molecule has 0 radical (unpaired) electrons. The second-order valence-electron chi connectivity index (χ2n) is 6.22. The minimum atomic E-state index is -4.87. The molecule has 0 spiro atoms. The Hall–Kier alpha value is -2.81. The van der Waals surface area contributed by atoms with Crippen molar-refractivity contribution in [3.8, 4) is 0 Å². The lowest BCUT2D eigenvalue weighted by atomic mass is 10.0. The fourth-order valence-corrected chi connectivity index (χ4v) is 3.47. The maximum atomic E-state index is 12.4. The van der Waals surface area contributed by atoms with E-state index >= 15 is 0 Å². The Kier molecular flexibility index (Phi) is 5.46. The van der Waals surface area contributed by atoms with Gasteiger partial charge in [-0.05, 0) is 25.0 Å². The molecule has 0 unspecified atom stereocenters. The monoisotopic (exact) mass is 414 g/mol. The SMILES string of the molecule is N[C@H](C(=O)NNC(=O)[C@@H]1CC[C@H]2CN1C(=O)N2OS(=O)(=O)O)c1ccccn1. The first-order valence-corrected chi connectivity index (χ1v) is 9.57. The highest BCUT2D eigenvalue weighted by atomic mass is 32.3. The highest BCUT2D eigenvalue weighted by Crippen LogP contribution is 2.30. The summed E-state index contributed by atoms with van der Waals surface area (Å²) >= 11 is 0. The lowest BCUT2D eigenvalue weighted by molar-refractivity contribution is -0.132. The molecule has 14 heteroatoms. The Morgan fingerprint density at radius 2 is 2.07 bits per heavy atom. The molecule has 1 aromatic heterocycles. The molecule has 152 valence electrons. The molecule has 2 bridgehead atoms. The lowest BCUT2D eigenvalue weighted by Crippen LogP contribution is -2.55. The molecule has 1 aromatic rings. The number of carbonyl (C=O) groups excluding carboxylic acids is 3. The second-order valence-corrected chi connectivity index (χ2v) is 7.23. The van der Waals surface area contributed by atoms with Crippen molar-refractivity contribution in [1.82, 2.24) is 25.8 Å². The van der Waals surface area contributed by atoms with Crippen molar-refractivity contribution in [2.24, 2.45) is 5.73 Å². The van der Waals surface area contributed by atoms with E-state index in [1.54, 1.807) is 18.2 Å². The van der Waals surface area contributed by atoms with Gasteiger partial charge in [0.1, 0.15) is 12.1 Å². The summed E-state index contributed by atoms with van der Waals surface area (Å²) in [6.45, 7) is 0.0356. The van der Waals surface area contributed by atoms with Crippen LogP contribution in [-0.4, -0.2) is 64.4 Å². The number of piperidine rings is 1. The first-order chi connectivity index (χ1) is 13.2. The Labute approximate surface area is 159 Å². The maximum absolute atomic E-state index is 12.4. The van der Waals surface area contributed by atoms with Crippen LogP contribution in [0, 0.1) is 0 Å². The van der Waals surface area contributed by atoms with E-state index in [-0.39, 0.29) is 19.4 Å². The zero-order valence-corrected chi connectivity index (χ0v) is 15.2. The number of hydrogen-bond acceptors (Lipinski definition) is 8. The fraction of sp³-hybridized carbons (Fsp3) is 0.429. The number of nitrogens with one attached hydrogen (secondary N) is 2. The highest BCUT2D eigenvalue weighted by molar-refractivity contribution is 7.80. The Balaban J connectivity index is 1.58. The van der Waals surface area contributed by atoms with Crippen molar-refractivity contribution in [3.05, 3.63) is 30.1 Å². The van der Waals surface area contributed by atoms with Gasteiger partial charge in [0.25, 0.3) is 11.8 Å². The molecule has 3 rings (SSSR count). The molecule has 13 nitrogen and oxygen atoms in total. The Bertz CT molecular complexity index is 879. The number of urea groups is 1. The summed E-state index contributed by atoms with van der Waals surface area (Å²) < 4.78 is 34.8. The van der Waals surface area contributed by atoms with Gasteiger partial charge in [-0.25, -0.2) is 4.79 Å². The summed E-state index contributed by atoms with van der Waals surface area (Å²) in [5, 5.41) is 0.526. The third-order valence-electron chi connectivity index (χ3n) is 4.40. The molecule has 3 atom stereocenters. The number of nitrogens with zero attached hydrogens (tertiary/aromatic N) is 3. The van der Waals surface area contributed by atoms with Crippen molar-refractivity contribution in [1.29, 1.82) is 0 Å². The molecule has 2 aliphatic heterocycles. The molecule has 0 saturated carbocycles. The van der Waals surface area contributed by atoms with E-state index < -0.39 is 46.4 Å². The lowest BCUT2D eigenvalue weighted by Gasteiger charge is -2.29. The first-order valence-electron chi connectivity index (χ1n) is 8.20. The van der Waals surface area contributed by atoms with E-state index in [1.807, 2.05) is 0 Å². The number of hydrogen-bond donors (Lipinski definition) is 4. The van der Waals surface area contributed by atoms with Gasteiger partial charge in [0, 0.05) is 12.7 Å². The van der Waals surface area contributed by atoms with E-state index in [2.05, 4.69) is 20.1 Å². The third-order valence-corrected chi connectivity index (χ3v) is 4.75. The van der Waals surface area contributed by atoms with Crippen molar-refractivity contribution >= 4 is 28.2 Å². The number of hydrazine groups is 1. The topological polar surface area (TPSA) is 184 Å². The van der Waals surface area contributed by atoms with Crippen LogP contribution in [-0.2, 0) is 24.3 Å². The number of rotatable bonds is 5. The largest absolute Gasteiger partial charge is 0.418 e. The average Bonchev–Trinajstić information content (AvgIpc) is 2.89. The van der Waals surface area contributed by atoms with Crippen LogP contribution in [0.15, 0.2) is 24.4 Å². The predicted molar refractivity (Wildman–Crippen MR) is 90.8 cm³/mol. The van der Waals surface area contributed by atoms with Crippen LogP contribution >= 0.6 is 0 Å². The smallest absolute Gasteiger partial charge is 0.315 e. The molecule has 2 aliphatic rings. The van der Waals surface area contributed by atoms with Gasteiger partial charge in [-0.1, -0.05) is 6.07 Å². The Morgan fingerprint density at radius 3 is 2.71 bits per heavy atom. The van der Waals surface area contributed by atoms with E-state index in [9.17, 15) is 22.8 Å². The summed E-state index contributed by atoms with van der Waals surface area (Å²) in [5.74, 6) is -1.38. The number of pyridine rings is 1. The molecule has 3 heterocycles. The van der Waals surface area contributed by atoms with Gasteiger partial charge in [0.2, 0.25) is 0 Å². The van der Waals surface area contributed by atoms with Gasteiger partial charge in [-0.2, -0.15) is 13.5 Å². The van der Waals surface area contributed by atoms with Gasteiger partial charge in [0.15, 0.2) is 0 Å². The van der Waals surface area contributed by atoms with Crippen LogP contribution in [0.1, 0.15) is 24.6 Å². The Morgan fingerprint density at radius 1 is 1.32 bits per heavy atom. The van der Waals surface area contributed by atoms with Gasteiger partial charge >= 0.3 is 16.4 Å². The number of hydroxylamine groups is 2. The van der Waals surface area contributed by atoms with Crippen LogP contribution in [0.3, 0.4) is 0 Å². The standard InChI is InChI=1S/C14H18N6O7S/c15-11(9-3-1-2-6-16-9)13(22)18-17-12(21)10-5-4-8-7-19(10)14(23)20(8)27-28(24,25)26/h1-3,6,8,10-11H,4-5,7,15H2,(H,17,21)(H,18,22)(H,24,25,26)/t8-,10-,11-/m0/s1.